The van der Waals surface area contributed by atoms with E-state index in [1.54, 1.807) is 24.7 Å². The van der Waals surface area contributed by atoms with Gasteiger partial charge in [0.05, 0.1) is 22.3 Å². The molecule has 1 aromatic carbocycles. The van der Waals surface area contributed by atoms with Crippen LogP contribution >= 0.6 is 23.2 Å². The molecule has 0 amide bonds. The van der Waals surface area contributed by atoms with Crippen LogP contribution in [0.5, 0.6) is 0 Å². The van der Waals surface area contributed by atoms with Crippen molar-refractivity contribution >= 4 is 23.2 Å². The van der Waals surface area contributed by atoms with Crippen molar-refractivity contribution in [1.29, 1.82) is 0 Å². The van der Waals surface area contributed by atoms with Gasteiger partial charge in [-0.1, -0.05) is 29.3 Å². The van der Waals surface area contributed by atoms with Gasteiger partial charge in [0, 0.05) is 24.2 Å². The van der Waals surface area contributed by atoms with Crippen LogP contribution < -0.4 is 0 Å². The largest absolute Gasteiger partial charge is 0.265 e. The number of hydrogen-bond acceptors (Lipinski definition) is 2. The SMILES string of the molecule is Clc1ccc(Cn2nccc2-c2ccncc2)cc1Cl. The summed E-state index contributed by atoms with van der Waals surface area (Å²) in [5.41, 5.74) is 3.18. The van der Waals surface area contributed by atoms with E-state index in [4.69, 9.17) is 23.2 Å². The van der Waals surface area contributed by atoms with Crippen molar-refractivity contribution in [1.82, 2.24) is 14.8 Å². The molecule has 0 aliphatic rings. The summed E-state index contributed by atoms with van der Waals surface area (Å²) in [5, 5.41) is 5.48. The van der Waals surface area contributed by atoms with Crippen molar-refractivity contribution in [3.63, 3.8) is 0 Å². The Hall–Kier alpha value is -1.84. The lowest BCUT2D eigenvalue weighted by Gasteiger charge is -2.08. The van der Waals surface area contributed by atoms with E-state index in [1.807, 2.05) is 35.0 Å². The summed E-state index contributed by atoms with van der Waals surface area (Å²) >= 11 is 12.0. The standard InChI is InChI=1S/C15H11Cl2N3/c16-13-2-1-11(9-14(13)17)10-20-15(5-8-19-20)12-3-6-18-7-4-12/h1-9H,10H2. The number of hydrogen-bond donors (Lipinski definition) is 0. The minimum atomic E-state index is 0.557. The molecule has 20 heavy (non-hydrogen) atoms. The Labute approximate surface area is 126 Å². The Morgan fingerprint density at radius 3 is 2.45 bits per heavy atom. The first-order chi connectivity index (χ1) is 9.74. The van der Waals surface area contributed by atoms with Crippen LogP contribution in [0.4, 0.5) is 0 Å². The zero-order valence-corrected chi connectivity index (χ0v) is 12.0. The maximum Gasteiger partial charge on any atom is 0.0687 e. The average molecular weight is 304 g/mol. The molecule has 3 nitrogen and oxygen atoms in total. The van der Waals surface area contributed by atoms with Gasteiger partial charge in [-0.2, -0.15) is 5.10 Å². The summed E-state index contributed by atoms with van der Waals surface area (Å²) in [6, 6.07) is 11.5. The van der Waals surface area contributed by atoms with Crippen LogP contribution in [0.15, 0.2) is 55.0 Å². The van der Waals surface area contributed by atoms with Crippen molar-refractivity contribution in [2.24, 2.45) is 0 Å². The average Bonchev–Trinajstić information content (AvgIpc) is 2.92. The maximum absolute atomic E-state index is 6.04. The van der Waals surface area contributed by atoms with Gasteiger partial charge in [-0.3, -0.25) is 9.67 Å². The van der Waals surface area contributed by atoms with Crippen LogP contribution in [-0.4, -0.2) is 14.8 Å². The fraction of sp³-hybridized carbons (Fsp3) is 0.0667. The summed E-state index contributed by atoms with van der Waals surface area (Å²) in [6.07, 6.45) is 5.32. The van der Waals surface area contributed by atoms with E-state index in [2.05, 4.69) is 10.1 Å². The number of benzene rings is 1. The smallest absolute Gasteiger partial charge is 0.0687 e. The van der Waals surface area contributed by atoms with E-state index in [0.717, 1.165) is 16.8 Å². The van der Waals surface area contributed by atoms with Gasteiger partial charge in [-0.05, 0) is 35.9 Å². The maximum atomic E-state index is 6.04. The Morgan fingerprint density at radius 1 is 0.900 bits per heavy atom. The Balaban J connectivity index is 1.92. The van der Waals surface area contributed by atoms with Crippen LogP contribution in [0.1, 0.15) is 5.56 Å². The van der Waals surface area contributed by atoms with Crippen LogP contribution in [-0.2, 0) is 6.54 Å². The predicted molar refractivity (Wildman–Crippen MR) is 81.0 cm³/mol. The molecule has 3 rings (SSSR count). The summed E-state index contributed by atoms with van der Waals surface area (Å²) in [7, 11) is 0. The first-order valence-corrected chi connectivity index (χ1v) is 6.86. The number of nitrogens with zero attached hydrogens (tertiary/aromatic N) is 3. The van der Waals surface area contributed by atoms with Crippen molar-refractivity contribution < 1.29 is 0 Å². The van der Waals surface area contributed by atoms with Crippen molar-refractivity contribution in [3.05, 3.63) is 70.6 Å². The van der Waals surface area contributed by atoms with E-state index in [0.29, 0.717) is 16.6 Å². The van der Waals surface area contributed by atoms with Gasteiger partial charge in [-0.25, -0.2) is 0 Å². The molecule has 5 heteroatoms. The quantitative estimate of drug-likeness (QED) is 0.722. The number of halogens is 2. The van der Waals surface area contributed by atoms with Crippen LogP contribution in [0, 0.1) is 0 Å². The Morgan fingerprint density at radius 2 is 1.70 bits per heavy atom. The fourth-order valence-corrected chi connectivity index (χ4v) is 2.36. The molecule has 2 heterocycles. The molecule has 0 fully saturated rings. The summed E-state index contributed by atoms with van der Waals surface area (Å²) in [6.45, 7) is 0.640. The van der Waals surface area contributed by atoms with Crippen LogP contribution in [0.2, 0.25) is 10.0 Å². The first-order valence-electron chi connectivity index (χ1n) is 6.10. The summed E-state index contributed by atoms with van der Waals surface area (Å²) in [5.74, 6) is 0. The van der Waals surface area contributed by atoms with Crippen molar-refractivity contribution in [3.8, 4) is 11.3 Å². The molecular formula is C15H11Cl2N3. The van der Waals surface area contributed by atoms with Gasteiger partial charge in [0.1, 0.15) is 0 Å². The minimum absolute atomic E-state index is 0.557. The van der Waals surface area contributed by atoms with Gasteiger partial charge >= 0.3 is 0 Å². The third kappa shape index (κ3) is 2.69. The third-order valence-electron chi connectivity index (χ3n) is 3.01. The van der Waals surface area contributed by atoms with Crippen LogP contribution in [0.3, 0.4) is 0 Å². The molecule has 0 saturated heterocycles. The molecule has 0 bridgehead atoms. The predicted octanol–water partition coefficient (Wildman–Crippen LogP) is 4.30. The van der Waals surface area contributed by atoms with Crippen molar-refractivity contribution in [2.45, 2.75) is 6.54 Å². The molecule has 3 aromatic rings. The molecule has 0 aliphatic carbocycles. The normalized spacial score (nSPS) is 10.7. The molecule has 0 aliphatic heterocycles. The summed E-state index contributed by atoms with van der Waals surface area (Å²) < 4.78 is 1.93. The third-order valence-corrected chi connectivity index (χ3v) is 3.75. The molecule has 0 saturated carbocycles. The lowest BCUT2D eigenvalue weighted by atomic mass is 10.2. The molecule has 100 valence electrons. The second-order valence-corrected chi connectivity index (χ2v) is 5.17. The van der Waals surface area contributed by atoms with Gasteiger partial charge in [0.25, 0.3) is 0 Å². The minimum Gasteiger partial charge on any atom is -0.265 e. The monoisotopic (exact) mass is 303 g/mol. The molecule has 0 spiro atoms. The van der Waals surface area contributed by atoms with E-state index in [9.17, 15) is 0 Å². The van der Waals surface area contributed by atoms with E-state index in [-0.39, 0.29) is 0 Å². The highest BCUT2D eigenvalue weighted by molar-refractivity contribution is 6.42. The molecule has 0 N–H and O–H groups in total. The van der Waals surface area contributed by atoms with E-state index in [1.165, 1.54) is 0 Å². The lowest BCUT2D eigenvalue weighted by Crippen LogP contribution is -2.03. The first kappa shape index (κ1) is 13.2. The molecular weight excluding hydrogens is 293 g/mol. The van der Waals surface area contributed by atoms with E-state index < -0.39 is 0 Å². The van der Waals surface area contributed by atoms with Gasteiger partial charge in [0.2, 0.25) is 0 Å². The second-order valence-electron chi connectivity index (χ2n) is 4.36. The second kappa shape index (κ2) is 5.65. The molecule has 0 unspecified atom stereocenters. The van der Waals surface area contributed by atoms with Crippen molar-refractivity contribution in [2.75, 3.05) is 0 Å². The Kier molecular flexibility index (Phi) is 3.72. The molecule has 2 aromatic heterocycles. The lowest BCUT2D eigenvalue weighted by molar-refractivity contribution is 0.694. The fourth-order valence-electron chi connectivity index (χ4n) is 2.04. The van der Waals surface area contributed by atoms with Gasteiger partial charge < -0.3 is 0 Å². The Bertz CT molecular complexity index is 723. The van der Waals surface area contributed by atoms with E-state index >= 15 is 0 Å². The molecule has 0 atom stereocenters. The van der Waals surface area contributed by atoms with Gasteiger partial charge in [-0.15, -0.1) is 0 Å². The number of aromatic nitrogens is 3. The van der Waals surface area contributed by atoms with Crippen LogP contribution in [0.25, 0.3) is 11.3 Å². The zero-order valence-electron chi connectivity index (χ0n) is 10.5. The van der Waals surface area contributed by atoms with Gasteiger partial charge in [0.15, 0.2) is 0 Å². The molecule has 0 radical (unpaired) electrons. The summed E-state index contributed by atoms with van der Waals surface area (Å²) in [4.78, 5) is 4.03. The highest BCUT2D eigenvalue weighted by atomic mass is 35.5. The number of rotatable bonds is 3. The highest BCUT2D eigenvalue weighted by Gasteiger charge is 2.07. The zero-order chi connectivity index (χ0) is 13.9. The topological polar surface area (TPSA) is 30.7 Å². The highest BCUT2D eigenvalue weighted by Crippen LogP contribution is 2.24. The number of pyridine rings is 1.